The number of aliphatic hydroxyl groups excluding tert-OH is 1. The number of ether oxygens (including phenoxy) is 1. The Morgan fingerprint density at radius 3 is 1.90 bits per heavy atom. The predicted molar refractivity (Wildman–Crippen MR) is 180 cm³/mol. The van der Waals surface area contributed by atoms with Gasteiger partial charge in [-0.2, -0.15) is 0 Å². The van der Waals surface area contributed by atoms with Crippen LogP contribution in [-0.2, 0) is 43.4 Å². The lowest BCUT2D eigenvalue weighted by molar-refractivity contribution is -0.145. The largest absolute Gasteiger partial charge is 0.445 e. The number of nitrogens with two attached hydrogens (primary N) is 1. The number of primary amides is 1. The summed E-state index contributed by atoms with van der Waals surface area (Å²) in [7, 11) is 0. The van der Waals surface area contributed by atoms with Crippen molar-refractivity contribution in [2.24, 2.45) is 5.73 Å². The third-order valence-electron chi connectivity index (χ3n) is 7.16. The number of aliphatic hydroxyl groups is 1. The highest BCUT2D eigenvalue weighted by molar-refractivity contribution is 5.92. The van der Waals surface area contributed by atoms with Gasteiger partial charge in [0.05, 0.1) is 19.0 Å². The molecule has 0 spiro atoms. The van der Waals surface area contributed by atoms with Crippen LogP contribution in [0.15, 0.2) is 91.0 Å². The van der Waals surface area contributed by atoms with E-state index in [1.54, 1.807) is 54.6 Å². The van der Waals surface area contributed by atoms with Crippen LogP contribution in [0.2, 0.25) is 0 Å². The zero-order valence-electron chi connectivity index (χ0n) is 27.6. The zero-order chi connectivity index (χ0) is 35.1. The number of nitrogens with zero attached hydrogens (tertiary/aromatic N) is 1. The van der Waals surface area contributed by atoms with Crippen molar-refractivity contribution >= 4 is 29.7 Å². The maximum atomic E-state index is 13.9. The molecule has 3 unspecified atom stereocenters. The number of carbonyl (C=O) groups is 5. The average molecular weight is 660 g/mol. The fourth-order valence-electron chi connectivity index (χ4n) is 4.88. The van der Waals surface area contributed by atoms with E-state index in [-0.39, 0.29) is 26.1 Å². The van der Waals surface area contributed by atoms with Crippen molar-refractivity contribution in [1.82, 2.24) is 20.9 Å². The molecule has 0 saturated heterocycles. The maximum Gasteiger partial charge on any atom is 0.408 e. The smallest absolute Gasteiger partial charge is 0.408 e. The van der Waals surface area contributed by atoms with E-state index >= 15 is 0 Å². The monoisotopic (exact) mass is 659 g/mol. The molecular weight excluding hydrogens is 614 g/mol. The molecule has 12 nitrogen and oxygen atoms in total. The van der Waals surface area contributed by atoms with Crippen LogP contribution in [0, 0.1) is 0 Å². The molecule has 3 aromatic carbocycles. The molecule has 0 aliphatic heterocycles. The molecule has 12 heteroatoms. The van der Waals surface area contributed by atoms with Crippen molar-refractivity contribution < 1.29 is 33.8 Å². The summed E-state index contributed by atoms with van der Waals surface area (Å²) < 4.78 is 5.21. The van der Waals surface area contributed by atoms with E-state index in [4.69, 9.17) is 10.5 Å². The van der Waals surface area contributed by atoms with Gasteiger partial charge >= 0.3 is 6.09 Å². The van der Waals surface area contributed by atoms with Crippen molar-refractivity contribution in [2.75, 3.05) is 13.1 Å². The van der Waals surface area contributed by atoms with E-state index in [1.807, 2.05) is 57.2 Å². The van der Waals surface area contributed by atoms with Crippen molar-refractivity contribution in [3.8, 4) is 0 Å². The highest BCUT2D eigenvalue weighted by atomic mass is 16.5. The number of rotatable bonds is 16. The molecule has 5 amide bonds. The topological polar surface area (TPSA) is 180 Å². The van der Waals surface area contributed by atoms with Crippen LogP contribution in [0.25, 0.3) is 0 Å². The van der Waals surface area contributed by atoms with E-state index in [0.717, 1.165) is 5.56 Å². The SMILES string of the molecule is CC(C)(C)NC(=O)CN(CCc1ccccc1)C(=O)C(O)C(Cc1ccccc1)NC(=O)C(CC(N)=O)NC(=O)OCc1ccccc1. The third-order valence-corrected chi connectivity index (χ3v) is 7.16. The van der Waals surface area contributed by atoms with Crippen LogP contribution in [0.1, 0.15) is 43.9 Å². The molecule has 256 valence electrons. The number of hydrogen-bond acceptors (Lipinski definition) is 7. The molecule has 0 radical (unpaired) electrons. The van der Waals surface area contributed by atoms with Crippen LogP contribution in [0.5, 0.6) is 0 Å². The van der Waals surface area contributed by atoms with Crippen molar-refractivity contribution in [1.29, 1.82) is 0 Å². The number of hydrogen-bond donors (Lipinski definition) is 5. The van der Waals surface area contributed by atoms with Gasteiger partial charge in [0, 0.05) is 12.1 Å². The van der Waals surface area contributed by atoms with Gasteiger partial charge in [-0.05, 0) is 50.3 Å². The summed E-state index contributed by atoms with van der Waals surface area (Å²) in [5.74, 6) is -2.93. The molecule has 3 rings (SSSR count). The Labute approximate surface area is 281 Å². The van der Waals surface area contributed by atoms with Gasteiger partial charge in [-0.3, -0.25) is 19.2 Å². The summed E-state index contributed by atoms with van der Waals surface area (Å²) >= 11 is 0. The second-order valence-electron chi connectivity index (χ2n) is 12.5. The molecule has 0 saturated carbocycles. The molecule has 0 aromatic heterocycles. The Balaban J connectivity index is 1.82. The summed E-state index contributed by atoms with van der Waals surface area (Å²) in [6, 6.07) is 24.4. The minimum absolute atomic E-state index is 0.0158. The second kappa shape index (κ2) is 18.2. The lowest BCUT2D eigenvalue weighted by Crippen LogP contribution is -2.58. The fourth-order valence-corrected chi connectivity index (χ4v) is 4.88. The summed E-state index contributed by atoms with van der Waals surface area (Å²) in [6.45, 7) is 5.15. The molecular formula is C36H45N5O7. The molecule has 0 bridgehead atoms. The first-order valence-electron chi connectivity index (χ1n) is 15.7. The minimum Gasteiger partial charge on any atom is -0.445 e. The quantitative estimate of drug-likeness (QED) is 0.156. The Kier molecular flexibility index (Phi) is 14.1. The highest BCUT2D eigenvalue weighted by Crippen LogP contribution is 2.12. The van der Waals surface area contributed by atoms with Gasteiger partial charge in [-0.1, -0.05) is 91.0 Å². The molecule has 0 aliphatic rings. The van der Waals surface area contributed by atoms with Gasteiger partial charge in [0.2, 0.25) is 17.7 Å². The highest BCUT2D eigenvalue weighted by Gasteiger charge is 2.35. The Morgan fingerprint density at radius 2 is 1.35 bits per heavy atom. The van der Waals surface area contributed by atoms with E-state index < -0.39 is 59.9 Å². The number of carbonyl (C=O) groups excluding carboxylic acids is 5. The molecule has 3 atom stereocenters. The van der Waals surface area contributed by atoms with Crippen molar-refractivity contribution in [3.63, 3.8) is 0 Å². The summed E-state index contributed by atoms with van der Waals surface area (Å²) in [5, 5.41) is 19.3. The number of alkyl carbamates (subject to hydrolysis) is 1. The predicted octanol–water partition coefficient (Wildman–Crippen LogP) is 2.23. The molecule has 3 aromatic rings. The van der Waals surface area contributed by atoms with Crippen molar-refractivity contribution in [3.05, 3.63) is 108 Å². The lowest BCUT2D eigenvalue weighted by atomic mass is 9.99. The first kappa shape index (κ1) is 37.2. The first-order valence-corrected chi connectivity index (χ1v) is 15.7. The maximum absolute atomic E-state index is 13.9. The summed E-state index contributed by atoms with van der Waals surface area (Å²) in [5.41, 5.74) is 7.16. The van der Waals surface area contributed by atoms with E-state index in [9.17, 15) is 29.1 Å². The standard InChI is InChI=1S/C36H45N5O7/c1-36(2,3)40-31(43)23-41(20-19-25-13-7-4-8-14-25)34(46)32(44)28(21-26-15-9-5-10-16-26)38-33(45)29(22-30(37)42)39-35(47)48-24-27-17-11-6-12-18-27/h4-18,28-29,32,44H,19-24H2,1-3H3,(H2,37,42)(H,38,45)(H,39,47)(H,40,43). The van der Waals surface area contributed by atoms with Gasteiger partial charge in [-0.15, -0.1) is 0 Å². The number of nitrogens with one attached hydrogen (secondary N) is 3. The van der Waals surface area contributed by atoms with Crippen LogP contribution < -0.4 is 21.7 Å². The van der Waals surface area contributed by atoms with Gasteiger partial charge in [-0.25, -0.2) is 4.79 Å². The van der Waals surface area contributed by atoms with Crippen LogP contribution >= 0.6 is 0 Å². The minimum atomic E-state index is -1.80. The molecule has 6 N–H and O–H groups in total. The Morgan fingerprint density at radius 1 is 0.812 bits per heavy atom. The summed E-state index contributed by atoms with van der Waals surface area (Å²) in [6.07, 6.45) is -2.90. The molecule has 48 heavy (non-hydrogen) atoms. The summed E-state index contributed by atoms with van der Waals surface area (Å²) in [4.78, 5) is 66.1. The average Bonchev–Trinajstić information content (AvgIpc) is 3.04. The molecule has 0 aliphatic carbocycles. The van der Waals surface area contributed by atoms with Crippen molar-refractivity contribution in [2.45, 2.75) is 70.4 Å². The molecule has 0 fully saturated rings. The zero-order valence-corrected chi connectivity index (χ0v) is 27.6. The third kappa shape index (κ3) is 13.2. The number of benzene rings is 3. The lowest BCUT2D eigenvalue weighted by Gasteiger charge is -2.31. The number of amides is 5. The fraction of sp³-hybridized carbons (Fsp3) is 0.361. The van der Waals surface area contributed by atoms with E-state index in [2.05, 4.69) is 16.0 Å². The normalized spacial score (nSPS) is 12.9. The van der Waals surface area contributed by atoms with E-state index in [0.29, 0.717) is 17.5 Å². The van der Waals surface area contributed by atoms with Crippen LogP contribution in [0.3, 0.4) is 0 Å². The Hall–Kier alpha value is -5.23. The second-order valence-corrected chi connectivity index (χ2v) is 12.5. The van der Waals surface area contributed by atoms with Gasteiger partial charge in [0.1, 0.15) is 12.6 Å². The Bertz CT molecular complexity index is 1500. The van der Waals surface area contributed by atoms with Crippen LogP contribution in [0.4, 0.5) is 4.79 Å². The van der Waals surface area contributed by atoms with E-state index in [1.165, 1.54) is 4.90 Å². The van der Waals surface area contributed by atoms with Gasteiger partial charge in [0.25, 0.3) is 5.91 Å². The van der Waals surface area contributed by atoms with Crippen LogP contribution in [-0.4, -0.2) is 76.5 Å². The first-order chi connectivity index (χ1) is 22.8. The van der Waals surface area contributed by atoms with Gasteiger partial charge < -0.3 is 36.4 Å². The van der Waals surface area contributed by atoms with Gasteiger partial charge in [0.15, 0.2) is 6.10 Å². The molecule has 0 heterocycles.